The van der Waals surface area contributed by atoms with Crippen molar-refractivity contribution < 1.29 is 13.2 Å². The maximum atomic E-state index is 13.4. The molecule has 1 fully saturated rings. The molecular formula is C19H20BrNO3S2. The highest BCUT2D eigenvalue weighted by Crippen LogP contribution is 2.64. The van der Waals surface area contributed by atoms with Gasteiger partial charge in [-0.2, -0.15) is 0 Å². The Morgan fingerprint density at radius 1 is 1.19 bits per heavy atom. The summed E-state index contributed by atoms with van der Waals surface area (Å²) >= 11 is 8.71. The van der Waals surface area contributed by atoms with Crippen LogP contribution in [0.4, 0.5) is 0 Å². The van der Waals surface area contributed by atoms with E-state index in [1.165, 1.54) is 7.11 Å². The van der Waals surface area contributed by atoms with E-state index in [0.29, 0.717) is 0 Å². The lowest BCUT2D eigenvalue weighted by atomic mass is 10.00. The average molecular weight is 454 g/mol. The van der Waals surface area contributed by atoms with Crippen LogP contribution in [-0.2, 0) is 14.6 Å². The molecule has 0 saturated heterocycles. The van der Waals surface area contributed by atoms with Gasteiger partial charge in [-0.05, 0) is 36.8 Å². The standard InChI is InChI=1S/C19H20BrNO3S2/c1-12-3-9-15(10-4-12)26(22,23)17-16(13-5-7-14(20)8-6-13)19(17,11-24-2)18(21)25/h3-10,16-17H,11H2,1-2H3,(H2,21,25)/t16-,17-,19-/m0/s1. The minimum atomic E-state index is -3.62. The van der Waals surface area contributed by atoms with Gasteiger partial charge in [0, 0.05) is 17.5 Å². The molecule has 2 aromatic rings. The number of ether oxygens (including phenoxy) is 1. The molecule has 0 aliphatic heterocycles. The van der Waals surface area contributed by atoms with Crippen LogP contribution in [0.3, 0.4) is 0 Å². The van der Waals surface area contributed by atoms with Crippen LogP contribution in [0.2, 0.25) is 0 Å². The number of hydrogen-bond acceptors (Lipinski definition) is 4. The molecule has 4 nitrogen and oxygen atoms in total. The van der Waals surface area contributed by atoms with E-state index in [0.717, 1.165) is 15.6 Å². The smallest absolute Gasteiger partial charge is 0.182 e. The van der Waals surface area contributed by atoms with E-state index in [1.54, 1.807) is 24.3 Å². The molecule has 0 radical (unpaired) electrons. The number of aryl methyl sites for hydroxylation is 1. The zero-order valence-electron chi connectivity index (χ0n) is 14.5. The largest absolute Gasteiger partial charge is 0.393 e. The van der Waals surface area contributed by atoms with E-state index in [1.807, 2.05) is 31.2 Å². The summed E-state index contributed by atoms with van der Waals surface area (Å²) in [4.78, 5) is 0.456. The van der Waals surface area contributed by atoms with Gasteiger partial charge in [0.15, 0.2) is 9.84 Å². The summed E-state index contributed by atoms with van der Waals surface area (Å²) in [6.07, 6.45) is 0. The zero-order chi connectivity index (χ0) is 19.1. The molecule has 138 valence electrons. The van der Waals surface area contributed by atoms with Crippen LogP contribution >= 0.6 is 28.1 Å². The highest BCUT2D eigenvalue weighted by Gasteiger charge is 2.73. The summed E-state index contributed by atoms with van der Waals surface area (Å²) in [6.45, 7) is 2.08. The molecule has 2 N–H and O–H groups in total. The number of methoxy groups -OCH3 is 1. The van der Waals surface area contributed by atoms with Crippen molar-refractivity contribution in [2.45, 2.75) is 23.0 Å². The number of nitrogens with two attached hydrogens (primary N) is 1. The normalized spacial score (nSPS) is 25.0. The van der Waals surface area contributed by atoms with Crippen LogP contribution in [0.5, 0.6) is 0 Å². The van der Waals surface area contributed by atoms with Crippen LogP contribution in [0.25, 0.3) is 0 Å². The summed E-state index contributed by atoms with van der Waals surface area (Å²) in [5.74, 6) is -0.334. The Morgan fingerprint density at radius 2 is 1.77 bits per heavy atom. The maximum Gasteiger partial charge on any atom is 0.182 e. The summed E-state index contributed by atoms with van der Waals surface area (Å²) in [6, 6.07) is 14.5. The highest BCUT2D eigenvalue weighted by molar-refractivity contribution is 9.10. The first-order valence-electron chi connectivity index (χ1n) is 8.10. The number of rotatable bonds is 6. The van der Waals surface area contributed by atoms with Gasteiger partial charge in [0.25, 0.3) is 0 Å². The van der Waals surface area contributed by atoms with Gasteiger partial charge in [0.2, 0.25) is 0 Å². The molecule has 0 unspecified atom stereocenters. The molecule has 1 aliphatic carbocycles. The van der Waals surface area contributed by atoms with Gasteiger partial charge in [-0.15, -0.1) is 0 Å². The molecule has 1 aliphatic rings. The van der Waals surface area contributed by atoms with Gasteiger partial charge < -0.3 is 10.5 Å². The van der Waals surface area contributed by atoms with E-state index in [-0.39, 0.29) is 22.4 Å². The van der Waals surface area contributed by atoms with Gasteiger partial charge in [0.1, 0.15) is 0 Å². The Kier molecular flexibility index (Phi) is 5.27. The third-order valence-electron chi connectivity index (χ3n) is 5.01. The molecule has 7 heteroatoms. The van der Waals surface area contributed by atoms with E-state index in [4.69, 9.17) is 22.7 Å². The first-order chi connectivity index (χ1) is 12.2. The minimum Gasteiger partial charge on any atom is -0.393 e. The van der Waals surface area contributed by atoms with E-state index in [2.05, 4.69) is 15.9 Å². The predicted molar refractivity (Wildman–Crippen MR) is 110 cm³/mol. The van der Waals surface area contributed by atoms with Crippen LogP contribution in [-0.4, -0.2) is 32.4 Å². The van der Waals surface area contributed by atoms with Crippen molar-refractivity contribution in [3.63, 3.8) is 0 Å². The van der Waals surface area contributed by atoms with Crippen molar-refractivity contribution in [3.8, 4) is 0 Å². The molecule has 0 amide bonds. The van der Waals surface area contributed by atoms with Crippen LogP contribution in [0.15, 0.2) is 57.9 Å². The molecule has 26 heavy (non-hydrogen) atoms. The quantitative estimate of drug-likeness (QED) is 0.676. The first kappa shape index (κ1) is 19.5. The van der Waals surface area contributed by atoms with Gasteiger partial charge in [-0.3, -0.25) is 0 Å². The van der Waals surface area contributed by atoms with Crippen molar-refractivity contribution in [1.82, 2.24) is 0 Å². The SMILES string of the molecule is COC[C@]1(C(N)=S)[C@@H](c2ccc(Br)cc2)[C@@H]1S(=O)(=O)c1ccc(C)cc1. The van der Waals surface area contributed by atoms with Crippen LogP contribution in [0, 0.1) is 12.3 Å². The predicted octanol–water partition coefficient (Wildman–Crippen LogP) is 3.62. The lowest BCUT2D eigenvalue weighted by Crippen LogP contribution is -2.33. The third kappa shape index (κ3) is 3.11. The Morgan fingerprint density at radius 3 is 2.27 bits per heavy atom. The van der Waals surface area contributed by atoms with E-state index >= 15 is 0 Å². The van der Waals surface area contributed by atoms with Crippen LogP contribution in [0.1, 0.15) is 17.0 Å². The van der Waals surface area contributed by atoms with Crippen molar-refractivity contribution in [3.05, 3.63) is 64.1 Å². The van der Waals surface area contributed by atoms with Crippen molar-refractivity contribution >= 4 is 43.0 Å². The summed E-state index contributed by atoms with van der Waals surface area (Å²) in [5, 5.41) is -0.740. The summed E-state index contributed by atoms with van der Waals surface area (Å²) < 4.78 is 33.0. The number of hydrogen-bond donors (Lipinski definition) is 1. The number of thiocarbonyl (C=S) groups is 1. The van der Waals surface area contributed by atoms with Crippen molar-refractivity contribution in [2.75, 3.05) is 13.7 Å². The first-order valence-corrected chi connectivity index (χ1v) is 10.8. The molecule has 0 heterocycles. The third-order valence-corrected chi connectivity index (χ3v) is 8.21. The summed E-state index contributed by atoms with van der Waals surface area (Å²) in [5.41, 5.74) is 7.03. The second-order valence-corrected chi connectivity index (χ2v) is 10.1. The molecule has 0 aromatic heterocycles. The summed E-state index contributed by atoms with van der Waals surface area (Å²) in [7, 11) is -2.09. The fourth-order valence-electron chi connectivity index (χ4n) is 3.65. The second kappa shape index (κ2) is 7.03. The van der Waals surface area contributed by atoms with Crippen LogP contribution < -0.4 is 5.73 Å². The second-order valence-electron chi connectivity index (χ2n) is 6.65. The molecule has 0 spiro atoms. The number of halogens is 1. The fraction of sp³-hybridized carbons (Fsp3) is 0.316. The van der Waals surface area contributed by atoms with Gasteiger partial charge in [-0.25, -0.2) is 8.42 Å². The molecule has 3 rings (SSSR count). The van der Waals surface area contributed by atoms with Gasteiger partial charge in [0.05, 0.1) is 27.2 Å². The Bertz CT molecular complexity index is 926. The lowest BCUT2D eigenvalue weighted by molar-refractivity contribution is 0.166. The fourth-order valence-corrected chi connectivity index (χ4v) is 6.69. The molecule has 3 atom stereocenters. The van der Waals surface area contributed by atoms with Gasteiger partial charge in [-0.1, -0.05) is 58.0 Å². The molecular weight excluding hydrogens is 434 g/mol. The Hall–Kier alpha value is -1.28. The zero-order valence-corrected chi connectivity index (χ0v) is 17.7. The lowest BCUT2D eigenvalue weighted by Gasteiger charge is -2.16. The topological polar surface area (TPSA) is 69.4 Å². The molecule has 2 aromatic carbocycles. The minimum absolute atomic E-state index is 0.165. The number of benzene rings is 2. The number of sulfone groups is 1. The monoisotopic (exact) mass is 453 g/mol. The van der Waals surface area contributed by atoms with E-state index in [9.17, 15) is 8.42 Å². The van der Waals surface area contributed by atoms with Gasteiger partial charge >= 0.3 is 0 Å². The highest BCUT2D eigenvalue weighted by atomic mass is 79.9. The molecule has 0 bridgehead atoms. The Balaban J connectivity index is 2.11. The Labute approximate surface area is 167 Å². The van der Waals surface area contributed by atoms with E-state index < -0.39 is 20.5 Å². The van der Waals surface area contributed by atoms with Crippen molar-refractivity contribution in [2.24, 2.45) is 11.1 Å². The molecule has 1 saturated carbocycles. The average Bonchev–Trinajstić information content (AvgIpc) is 3.27. The van der Waals surface area contributed by atoms with Crippen molar-refractivity contribution in [1.29, 1.82) is 0 Å². The maximum absolute atomic E-state index is 13.4.